The van der Waals surface area contributed by atoms with Crippen LogP contribution < -0.4 is 10.6 Å². The van der Waals surface area contributed by atoms with Crippen molar-refractivity contribution in [3.63, 3.8) is 0 Å². The maximum absolute atomic E-state index is 11.8. The molecule has 1 amide bonds. The summed E-state index contributed by atoms with van der Waals surface area (Å²) in [6, 6.07) is 1.63. The number of hydrogen-bond acceptors (Lipinski definition) is 3. The van der Waals surface area contributed by atoms with Crippen LogP contribution in [0, 0.1) is 0 Å². The largest absolute Gasteiger partial charge is 0.322 e. The molecule has 0 saturated carbocycles. The number of anilines is 1. The predicted molar refractivity (Wildman–Crippen MR) is 61.0 cm³/mol. The van der Waals surface area contributed by atoms with Gasteiger partial charge in [-0.15, -0.1) is 0 Å². The highest BCUT2D eigenvalue weighted by atomic mass is 35.5. The molecule has 0 spiro atoms. The number of hydrogen-bond donors (Lipinski definition) is 2. The highest BCUT2D eigenvalue weighted by Crippen LogP contribution is 2.20. The minimum atomic E-state index is -0.640. The van der Waals surface area contributed by atoms with Crippen molar-refractivity contribution < 1.29 is 4.79 Å². The number of aromatic nitrogens is 1. The van der Waals surface area contributed by atoms with Crippen molar-refractivity contribution in [3.8, 4) is 0 Å². The Morgan fingerprint density at radius 3 is 2.73 bits per heavy atom. The van der Waals surface area contributed by atoms with Gasteiger partial charge in [-0.2, -0.15) is 0 Å². The summed E-state index contributed by atoms with van der Waals surface area (Å²) in [5.41, 5.74) is -0.119. The van der Waals surface area contributed by atoms with Gasteiger partial charge in [0.2, 0.25) is 5.91 Å². The molecule has 0 radical (unpaired) electrons. The molecule has 2 N–H and O–H groups in total. The van der Waals surface area contributed by atoms with Gasteiger partial charge in [0, 0.05) is 6.20 Å². The molecule has 0 aromatic carbocycles. The van der Waals surface area contributed by atoms with Gasteiger partial charge in [-0.25, -0.2) is 0 Å². The lowest BCUT2D eigenvalue weighted by molar-refractivity contribution is -0.121. The van der Waals surface area contributed by atoms with Crippen LogP contribution in [0.25, 0.3) is 0 Å². The molecule has 5 heteroatoms. The lowest BCUT2D eigenvalue weighted by Crippen LogP contribution is -2.47. The van der Waals surface area contributed by atoms with Gasteiger partial charge in [-0.3, -0.25) is 9.78 Å². The first kappa shape index (κ1) is 11.9. The molecule has 0 fully saturated rings. The van der Waals surface area contributed by atoms with E-state index >= 15 is 0 Å². The second-order valence-corrected chi connectivity index (χ2v) is 4.09. The summed E-state index contributed by atoms with van der Waals surface area (Å²) in [5, 5.41) is 6.09. The topological polar surface area (TPSA) is 54.0 Å². The first-order chi connectivity index (χ1) is 6.97. The maximum Gasteiger partial charge on any atom is 0.244 e. The molecule has 0 unspecified atom stereocenters. The lowest BCUT2D eigenvalue weighted by Gasteiger charge is -2.22. The summed E-state index contributed by atoms with van der Waals surface area (Å²) in [6.07, 6.45) is 3.09. The summed E-state index contributed by atoms with van der Waals surface area (Å²) >= 11 is 5.89. The summed E-state index contributed by atoms with van der Waals surface area (Å²) in [6.45, 7) is 3.57. The zero-order chi connectivity index (χ0) is 11.5. The van der Waals surface area contributed by atoms with Crippen LogP contribution in [-0.4, -0.2) is 23.5 Å². The molecule has 0 atom stereocenters. The number of carbonyl (C=O) groups is 1. The third-order valence-corrected chi connectivity index (χ3v) is 2.54. The fourth-order valence-electron chi connectivity index (χ4n) is 0.862. The molecule has 0 aliphatic heterocycles. The van der Waals surface area contributed by atoms with Gasteiger partial charge >= 0.3 is 0 Å². The van der Waals surface area contributed by atoms with E-state index < -0.39 is 5.54 Å². The lowest BCUT2D eigenvalue weighted by atomic mass is 10.1. The highest BCUT2D eigenvalue weighted by Gasteiger charge is 2.25. The van der Waals surface area contributed by atoms with Crippen molar-refractivity contribution in [3.05, 3.63) is 23.5 Å². The Morgan fingerprint density at radius 1 is 1.53 bits per heavy atom. The summed E-state index contributed by atoms with van der Waals surface area (Å²) in [7, 11) is 1.73. The van der Waals surface area contributed by atoms with Crippen molar-refractivity contribution in [2.24, 2.45) is 0 Å². The standard InChI is InChI=1S/C10H14ClN3O/c1-10(2,12-3)9(15)14-8-6-13-5-4-7(8)11/h4-6,12H,1-3H3,(H,14,15). The quantitative estimate of drug-likeness (QED) is 0.826. The van der Waals surface area contributed by atoms with Gasteiger partial charge in [-0.05, 0) is 27.0 Å². The van der Waals surface area contributed by atoms with Gasteiger partial charge in [0.15, 0.2) is 0 Å². The molecule has 1 aromatic rings. The Balaban J connectivity index is 2.80. The molecule has 15 heavy (non-hydrogen) atoms. The summed E-state index contributed by atoms with van der Waals surface area (Å²) in [5.74, 6) is -0.153. The minimum absolute atomic E-state index is 0.153. The van der Waals surface area contributed by atoms with Crippen LogP contribution in [0.15, 0.2) is 18.5 Å². The van der Waals surface area contributed by atoms with E-state index in [9.17, 15) is 4.79 Å². The maximum atomic E-state index is 11.8. The van der Waals surface area contributed by atoms with Crippen LogP contribution in [0.4, 0.5) is 5.69 Å². The second-order valence-electron chi connectivity index (χ2n) is 3.68. The molecule has 1 aromatic heterocycles. The van der Waals surface area contributed by atoms with Crippen molar-refractivity contribution in [2.45, 2.75) is 19.4 Å². The van der Waals surface area contributed by atoms with Crippen LogP contribution in [0.3, 0.4) is 0 Å². The third-order valence-electron chi connectivity index (χ3n) is 2.21. The predicted octanol–water partition coefficient (Wildman–Crippen LogP) is 1.67. The average Bonchev–Trinajstić information content (AvgIpc) is 2.21. The number of amides is 1. The van der Waals surface area contributed by atoms with E-state index in [1.54, 1.807) is 33.2 Å². The fourth-order valence-corrected chi connectivity index (χ4v) is 1.01. The van der Waals surface area contributed by atoms with Crippen molar-refractivity contribution >= 4 is 23.2 Å². The zero-order valence-corrected chi connectivity index (χ0v) is 9.72. The Hall–Kier alpha value is -1.13. The van der Waals surface area contributed by atoms with E-state index in [1.165, 1.54) is 6.20 Å². The van der Waals surface area contributed by atoms with Gasteiger partial charge in [-0.1, -0.05) is 11.6 Å². The molecule has 0 aliphatic carbocycles. The van der Waals surface area contributed by atoms with E-state index in [0.717, 1.165) is 0 Å². The van der Waals surface area contributed by atoms with Crippen LogP contribution >= 0.6 is 11.6 Å². The Morgan fingerprint density at radius 2 is 2.20 bits per heavy atom. The smallest absolute Gasteiger partial charge is 0.244 e. The number of carbonyl (C=O) groups excluding carboxylic acids is 1. The molecule has 4 nitrogen and oxygen atoms in total. The Kier molecular flexibility index (Phi) is 3.66. The molecule has 1 heterocycles. The monoisotopic (exact) mass is 227 g/mol. The van der Waals surface area contributed by atoms with E-state index in [-0.39, 0.29) is 5.91 Å². The van der Waals surface area contributed by atoms with Crippen LogP contribution in [0.2, 0.25) is 5.02 Å². The summed E-state index contributed by atoms with van der Waals surface area (Å²) in [4.78, 5) is 15.6. The normalized spacial score (nSPS) is 11.2. The first-order valence-electron chi connectivity index (χ1n) is 4.57. The van der Waals surface area contributed by atoms with Gasteiger partial charge in [0.05, 0.1) is 22.4 Å². The van der Waals surface area contributed by atoms with Gasteiger partial charge in [0.1, 0.15) is 0 Å². The summed E-state index contributed by atoms with van der Waals surface area (Å²) < 4.78 is 0. The van der Waals surface area contributed by atoms with Gasteiger partial charge < -0.3 is 10.6 Å². The molecule has 1 rings (SSSR count). The van der Waals surface area contributed by atoms with E-state index in [4.69, 9.17) is 11.6 Å². The minimum Gasteiger partial charge on any atom is -0.322 e. The molecule has 0 saturated heterocycles. The first-order valence-corrected chi connectivity index (χ1v) is 4.95. The number of pyridine rings is 1. The van der Waals surface area contributed by atoms with E-state index in [1.807, 2.05) is 0 Å². The SMILES string of the molecule is CNC(C)(C)C(=O)Nc1cnccc1Cl. The van der Waals surface area contributed by atoms with Crippen LogP contribution in [0.5, 0.6) is 0 Å². The van der Waals surface area contributed by atoms with Gasteiger partial charge in [0.25, 0.3) is 0 Å². The molecule has 0 aliphatic rings. The average molecular weight is 228 g/mol. The fraction of sp³-hybridized carbons (Fsp3) is 0.400. The van der Waals surface area contributed by atoms with Crippen LogP contribution in [-0.2, 0) is 4.79 Å². The Bertz CT molecular complexity index is 365. The number of rotatable bonds is 3. The van der Waals surface area contributed by atoms with E-state index in [2.05, 4.69) is 15.6 Å². The highest BCUT2D eigenvalue weighted by molar-refractivity contribution is 6.33. The van der Waals surface area contributed by atoms with Crippen molar-refractivity contribution in [2.75, 3.05) is 12.4 Å². The van der Waals surface area contributed by atoms with E-state index in [0.29, 0.717) is 10.7 Å². The number of halogens is 1. The van der Waals surface area contributed by atoms with Crippen LogP contribution in [0.1, 0.15) is 13.8 Å². The van der Waals surface area contributed by atoms with Crippen molar-refractivity contribution in [1.82, 2.24) is 10.3 Å². The third kappa shape index (κ3) is 2.91. The zero-order valence-electron chi connectivity index (χ0n) is 8.97. The second kappa shape index (κ2) is 4.59. The Labute approximate surface area is 94.0 Å². The molecule has 0 bridgehead atoms. The molecular formula is C10H14ClN3O. The number of likely N-dealkylation sites (N-methyl/N-ethyl adjacent to an activating group) is 1. The van der Waals surface area contributed by atoms with Crippen molar-refractivity contribution in [1.29, 1.82) is 0 Å². The number of nitrogens with zero attached hydrogens (tertiary/aromatic N) is 1. The molecular weight excluding hydrogens is 214 g/mol. The number of nitrogens with one attached hydrogen (secondary N) is 2. The molecule has 82 valence electrons.